The number of aliphatic carboxylic acids is 1. The quantitative estimate of drug-likeness (QED) is 0.855. The van der Waals surface area contributed by atoms with Crippen molar-refractivity contribution in [1.29, 1.82) is 0 Å². The maximum Gasteiger partial charge on any atom is 0.307 e. The Labute approximate surface area is 159 Å². The molecule has 0 spiro atoms. The summed E-state index contributed by atoms with van der Waals surface area (Å²) >= 11 is 0. The van der Waals surface area contributed by atoms with E-state index in [9.17, 15) is 14.7 Å². The van der Waals surface area contributed by atoms with Crippen LogP contribution in [0.25, 0.3) is 0 Å². The van der Waals surface area contributed by atoms with Gasteiger partial charge in [-0.15, -0.1) is 0 Å². The monoisotopic (exact) mass is 364 g/mol. The molecule has 0 aliphatic carbocycles. The fourth-order valence-electron chi connectivity index (χ4n) is 4.29. The van der Waals surface area contributed by atoms with Gasteiger partial charge in [0, 0.05) is 5.69 Å². The Morgan fingerprint density at radius 3 is 2.89 bits per heavy atom. The van der Waals surface area contributed by atoms with Gasteiger partial charge in [0.1, 0.15) is 0 Å². The van der Waals surface area contributed by atoms with Gasteiger partial charge in [0.2, 0.25) is 5.91 Å². The van der Waals surface area contributed by atoms with Crippen molar-refractivity contribution in [3.63, 3.8) is 0 Å². The summed E-state index contributed by atoms with van der Waals surface area (Å²) in [7, 11) is 0. The first-order valence-corrected chi connectivity index (χ1v) is 9.48. The van der Waals surface area contributed by atoms with Crippen molar-refractivity contribution in [1.82, 2.24) is 5.32 Å². The van der Waals surface area contributed by atoms with E-state index in [-0.39, 0.29) is 11.8 Å². The average Bonchev–Trinajstić information content (AvgIpc) is 3.26. The number of carboxylic acid groups (broad SMARTS) is 1. The summed E-state index contributed by atoms with van der Waals surface area (Å²) in [6, 6.07) is 13.8. The lowest BCUT2D eigenvalue weighted by atomic mass is 9.86. The number of hydrogen-bond acceptors (Lipinski definition) is 3. The molecule has 1 unspecified atom stereocenters. The lowest BCUT2D eigenvalue weighted by Gasteiger charge is -2.21. The molecule has 2 aliphatic heterocycles. The van der Waals surface area contributed by atoms with Gasteiger partial charge in [-0.2, -0.15) is 0 Å². The van der Waals surface area contributed by atoms with E-state index >= 15 is 0 Å². The fraction of sp³-hybridized carbons (Fsp3) is 0.364. The Balaban J connectivity index is 1.61. The third-order valence-electron chi connectivity index (χ3n) is 5.68. The first kappa shape index (κ1) is 17.7. The number of aryl methyl sites for hydroxylation is 1. The molecule has 1 saturated heterocycles. The highest BCUT2D eigenvalue weighted by Crippen LogP contribution is 2.36. The molecule has 4 rings (SSSR count). The number of nitrogens with zero attached hydrogens (tertiary/aromatic N) is 1. The van der Waals surface area contributed by atoms with Crippen LogP contribution in [0.1, 0.15) is 23.1 Å². The van der Waals surface area contributed by atoms with Crippen LogP contribution in [0.15, 0.2) is 42.5 Å². The molecule has 5 heteroatoms. The number of hydrogen-bond donors (Lipinski definition) is 2. The number of carbonyl (C=O) groups is 2. The van der Waals surface area contributed by atoms with E-state index in [1.807, 2.05) is 43.3 Å². The highest BCUT2D eigenvalue weighted by Gasteiger charge is 2.32. The van der Waals surface area contributed by atoms with E-state index < -0.39 is 11.9 Å². The molecule has 140 valence electrons. The van der Waals surface area contributed by atoms with Crippen molar-refractivity contribution >= 4 is 23.3 Å². The molecular formula is C22H24N2O3. The number of anilines is 2. The van der Waals surface area contributed by atoms with Crippen LogP contribution in [0.3, 0.4) is 0 Å². The van der Waals surface area contributed by atoms with Crippen molar-refractivity contribution in [2.75, 3.05) is 18.0 Å². The number of nitrogens with one attached hydrogen (secondary N) is 1. The van der Waals surface area contributed by atoms with Crippen LogP contribution in [-0.2, 0) is 22.4 Å². The summed E-state index contributed by atoms with van der Waals surface area (Å²) in [5.41, 5.74) is 4.89. The number of benzene rings is 2. The molecular weight excluding hydrogens is 340 g/mol. The topological polar surface area (TPSA) is 69.6 Å². The summed E-state index contributed by atoms with van der Waals surface area (Å²) in [6.45, 7) is 3.67. The van der Waals surface area contributed by atoms with E-state index in [0.29, 0.717) is 12.8 Å². The second kappa shape index (κ2) is 7.16. The third kappa shape index (κ3) is 3.47. The van der Waals surface area contributed by atoms with Gasteiger partial charge < -0.3 is 10.4 Å². The Morgan fingerprint density at radius 1 is 1.30 bits per heavy atom. The van der Waals surface area contributed by atoms with Crippen LogP contribution in [0, 0.1) is 18.8 Å². The van der Waals surface area contributed by atoms with E-state index in [1.54, 1.807) is 4.90 Å². The molecule has 0 bridgehead atoms. The maximum atomic E-state index is 12.6. The molecule has 2 aliphatic rings. The Hall–Kier alpha value is -2.66. The second-order valence-corrected chi connectivity index (χ2v) is 7.61. The van der Waals surface area contributed by atoms with Gasteiger partial charge in [-0.3, -0.25) is 14.5 Å². The third-order valence-corrected chi connectivity index (χ3v) is 5.68. The van der Waals surface area contributed by atoms with Gasteiger partial charge in [0.25, 0.3) is 0 Å². The zero-order chi connectivity index (χ0) is 19.0. The number of fused-ring (bicyclic) bond motifs is 1. The predicted octanol–water partition coefficient (Wildman–Crippen LogP) is 3.07. The molecule has 0 saturated carbocycles. The van der Waals surface area contributed by atoms with Crippen molar-refractivity contribution in [2.24, 2.45) is 11.8 Å². The molecule has 1 amide bonds. The lowest BCUT2D eigenvalue weighted by Crippen LogP contribution is -2.27. The molecule has 1 fully saturated rings. The molecule has 27 heavy (non-hydrogen) atoms. The van der Waals surface area contributed by atoms with Gasteiger partial charge in [-0.25, -0.2) is 0 Å². The Morgan fingerprint density at radius 2 is 2.15 bits per heavy atom. The van der Waals surface area contributed by atoms with Crippen molar-refractivity contribution in [3.8, 4) is 0 Å². The maximum absolute atomic E-state index is 12.6. The van der Waals surface area contributed by atoms with Gasteiger partial charge in [0.05, 0.1) is 18.0 Å². The summed E-state index contributed by atoms with van der Waals surface area (Å²) in [5.74, 6) is -0.933. The summed E-state index contributed by atoms with van der Waals surface area (Å²) in [6.07, 6.45) is 1.79. The number of carbonyl (C=O) groups excluding carboxylic acids is 1. The minimum absolute atomic E-state index is 0.0579. The first-order chi connectivity index (χ1) is 13.0. The number of amides is 1. The zero-order valence-electron chi connectivity index (χ0n) is 15.4. The van der Waals surface area contributed by atoms with E-state index in [4.69, 9.17) is 0 Å². The van der Waals surface area contributed by atoms with Crippen LogP contribution >= 0.6 is 0 Å². The summed E-state index contributed by atoms with van der Waals surface area (Å²) in [5, 5.41) is 12.9. The molecule has 2 atom stereocenters. The van der Waals surface area contributed by atoms with Crippen LogP contribution in [0.4, 0.5) is 11.4 Å². The molecule has 0 aromatic heterocycles. The molecule has 0 radical (unpaired) electrons. The molecule has 5 nitrogen and oxygen atoms in total. The largest absolute Gasteiger partial charge is 0.481 e. The van der Waals surface area contributed by atoms with Gasteiger partial charge in [-0.1, -0.05) is 29.8 Å². The predicted molar refractivity (Wildman–Crippen MR) is 104 cm³/mol. The van der Waals surface area contributed by atoms with Gasteiger partial charge in [0.15, 0.2) is 0 Å². The highest BCUT2D eigenvalue weighted by molar-refractivity contribution is 6.07. The van der Waals surface area contributed by atoms with E-state index in [1.165, 1.54) is 0 Å². The minimum Gasteiger partial charge on any atom is -0.481 e. The smallest absolute Gasteiger partial charge is 0.307 e. The van der Waals surface area contributed by atoms with E-state index in [2.05, 4.69) is 11.4 Å². The van der Waals surface area contributed by atoms with Crippen molar-refractivity contribution in [2.45, 2.75) is 26.2 Å². The second-order valence-electron chi connectivity index (χ2n) is 7.61. The van der Waals surface area contributed by atoms with Gasteiger partial charge in [-0.05, 0) is 68.1 Å². The SMILES string of the molecule is Cc1ccc2c(c1)CC(=O)N2c1cccc(C[C@H](C(=O)O)C2CCNC2)c1. The molecule has 2 N–H and O–H groups in total. The minimum atomic E-state index is -0.743. The molecule has 2 heterocycles. The average molecular weight is 364 g/mol. The van der Waals surface area contributed by atoms with Crippen LogP contribution in [0.2, 0.25) is 0 Å². The fourth-order valence-corrected chi connectivity index (χ4v) is 4.29. The Kier molecular flexibility index (Phi) is 4.70. The molecule has 2 aromatic rings. The van der Waals surface area contributed by atoms with E-state index in [0.717, 1.165) is 47.6 Å². The zero-order valence-corrected chi connectivity index (χ0v) is 15.4. The van der Waals surface area contributed by atoms with Crippen LogP contribution in [-0.4, -0.2) is 30.1 Å². The lowest BCUT2D eigenvalue weighted by molar-refractivity contribution is -0.143. The van der Waals surface area contributed by atoms with Crippen LogP contribution in [0.5, 0.6) is 0 Å². The highest BCUT2D eigenvalue weighted by atomic mass is 16.4. The van der Waals surface area contributed by atoms with Crippen molar-refractivity contribution < 1.29 is 14.7 Å². The van der Waals surface area contributed by atoms with Gasteiger partial charge >= 0.3 is 5.97 Å². The Bertz CT molecular complexity index is 887. The molecule has 2 aromatic carbocycles. The normalized spacial score (nSPS) is 20.0. The first-order valence-electron chi connectivity index (χ1n) is 9.48. The number of rotatable bonds is 5. The summed E-state index contributed by atoms with van der Waals surface area (Å²) < 4.78 is 0. The number of carboxylic acids is 1. The summed E-state index contributed by atoms with van der Waals surface area (Å²) in [4.78, 5) is 26.2. The standard InChI is InChI=1S/C22H24N2O3/c1-14-5-6-20-17(9-14)12-21(25)24(20)18-4-2-3-15(10-18)11-19(22(26)27)16-7-8-23-13-16/h2-6,9-10,16,19,23H,7-8,11-13H2,1H3,(H,26,27)/t16?,19-/m0/s1. The van der Waals surface area contributed by atoms with Crippen LogP contribution < -0.4 is 10.2 Å². The van der Waals surface area contributed by atoms with Crippen molar-refractivity contribution in [3.05, 3.63) is 59.2 Å².